The number of hydrogen-bond acceptors (Lipinski definition) is 9. The third kappa shape index (κ3) is 5.97. The summed E-state index contributed by atoms with van der Waals surface area (Å²) in [5.41, 5.74) is 1.33. The summed E-state index contributed by atoms with van der Waals surface area (Å²) in [4.78, 5) is 31.4. The number of carbonyl (C=O) groups excluding carboxylic acids is 1. The normalized spacial score (nSPS) is 17.9. The first-order valence-electron chi connectivity index (χ1n) is 11.9. The number of oxime groups is 1. The highest BCUT2D eigenvalue weighted by atomic mass is 35.5. The highest BCUT2D eigenvalue weighted by Gasteiger charge is 2.33. The molecule has 9 nitrogen and oxygen atoms in total. The molecule has 0 spiro atoms. The largest absolute Gasteiger partial charge is 0.466 e. The molecule has 0 saturated carbocycles. The van der Waals surface area contributed by atoms with Crippen molar-refractivity contribution in [3.8, 4) is 11.9 Å². The molecule has 0 radical (unpaired) electrons. The van der Waals surface area contributed by atoms with Crippen LogP contribution in [0, 0.1) is 11.3 Å². The van der Waals surface area contributed by atoms with Crippen molar-refractivity contribution in [1.29, 1.82) is 5.26 Å². The first-order valence-corrected chi connectivity index (χ1v) is 13.2. The maximum atomic E-state index is 12.6. The molecule has 1 aromatic carbocycles. The summed E-state index contributed by atoms with van der Waals surface area (Å²) in [5.74, 6) is -0.266. The van der Waals surface area contributed by atoms with Crippen LogP contribution in [0.25, 0.3) is 0 Å². The van der Waals surface area contributed by atoms with E-state index < -0.39 is 18.0 Å². The Morgan fingerprint density at radius 3 is 2.74 bits per heavy atom. The zero-order valence-corrected chi connectivity index (χ0v) is 21.8. The minimum Gasteiger partial charge on any atom is -0.466 e. The maximum absolute atomic E-state index is 12.6. The molecule has 14 heteroatoms. The van der Waals surface area contributed by atoms with Crippen molar-refractivity contribution in [2.24, 2.45) is 5.16 Å². The maximum Gasteiger partial charge on any atom is 0.434 e. The fraction of sp³-hybridized carbons (Fsp3) is 0.360. The average Bonchev–Trinajstić information content (AvgIpc) is 3.62. The van der Waals surface area contributed by atoms with Crippen molar-refractivity contribution in [1.82, 2.24) is 19.9 Å². The van der Waals surface area contributed by atoms with Crippen molar-refractivity contribution in [2.75, 3.05) is 19.7 Å². The number of alkyl halides is 3. The average molecular weight is 577 g/mol. The molecule has 0 bridgehead atoms. The van der Waals surface area contributed by atoms with Gasteiger partial charge in [0.05, 0.1) is 34.7 Å². The van der Waals surface area contributed by atoms with E-state index in [1.54, 1.807) is 23.1 Å². The molecular weight excluding hydrogens is 557 g/mol. The van der Waals surface area contributed by atoms with Gasteiger partial charge in [0.2, 0.25) is 5.88 Å². The van der Waals surface area contributed by atoms with Gasteiger partial charge in [0.25, 0.3) is 5.91 Å². The van der Waals surface area contributed by atoms with E-state index in [4.69, 9.17) is 26.2 Å². The van der Waals surface area contributed by atoms with Crippen LogP contribution in [-0.2, 0) is 15.8 Å². The SMILES string of the molecule is N#Cc1cccc(Cl)c1C1CC(c2csc(C3CCN(C(=O)COc4cnc(C(F)(F)F)cn4)CC3)n2)=NO1. The molecule has 0 N–H and O–H groups in total. The third-order valence-corrected chi connectivity index (χ3v) is 7.78. The number of halogens is 4. The van der Waals surface area contributed by atoms with Crippen molar-refractivity contribution < 1.29 is 27.5 Å². The van der Waals surface area contributed by atoms with Crippen LogP contribution in [0.2, 0.25) is 5.02 Å². The van der Waals surface area contributed by atoms with Crippen LogP contribution in [0.4, 0.5) is 13.2 Å². The number of hydrogen-bond donors (Lipinski definition) is 0. The van der Waals surface area contributed by atoms with Gasteiger partial charge in [-0.15, -0.1) is 11.3 Å². The van der Waals surface area contributed by atoms with Crippen LogP contribution in [0.1, 0.15) is 58.8 Å². The van der Waals surface area contributed by atoms with Crippen molar-refractivity contribution in [3.05, 3.63) is 68.5 Å². The second-order valence-corrected chi connectivity index (χ2v) is 10.2. The fourth-order valence-electron chi connectivity index (χ4n) is 4.39. The predicted molar refractivity (Wildman–Crippen MR) is 134 cm³/mol. The molecule has 5 rings (SSSR count). The molecule has 0 aliphatic carbocycles. The van der Waals surface area contributed by atoms with E-state index in [9.17, 15) is 23.2 Å². The molecule has 39 heavy (non-hydrogen) atoms. The van der Waals surface area contributed by atoms with E-state index in [0.717, 1.165) is 11.2 Å². The number of nitriles is 1. The van der Waals surface area contributed by atoms with Crippen LogP contribution >= 0.6 is 22.9 Å². The lowest BCUT2D eigenvalue weighted by atomic mass is 9.97. The van der Waals surface area contributed by atoms with E-state index in [0.29, 0.717) is 66.1 Å². The molecule has 202 valence electrons. The number of rotatable bonds is 6. The zero-order valence-electron chi connectivity index (χ0n) is 20.2. The Morgan fingerprint density at radius 1 is 1.26 bits per heavy atom. The minimum atomic E-state index is -4.59. The molecular formula is C25H20ClF3N6O3S. The van der Waals surface area contributed by atoms with Gasteiger partial charge in [-0.2, -0.15) is 18.4 Å². The predicted octanol–water partition coefficient (Wildman–Crippen LogP) is 5.13. The van der Waals surface area contributed by atoms with Crippen molar-refractivity contribution >= 4 is 34.6 Å². The number of piperidine rings is 1. The molecule has 1 unspecified atom stereocenters. The van der Waals surface area contributed by atoms with Gasteiger partial charge < -0.3 is 14.5 Å². The number of likely N-dealkylation sites (tertiary alicyclic amines) is 1. The number of carbonyl (C=O) groups is 1. The summed E-state index contributed by atoms with van der Waals surface area (Å²) < 4.78 is 43.0. The summed E-state index contributed by atoms with van der Waals surface area (Å²) >= 11 is 7.84. The van der Waals surface area contributed by atoms with E-state index >= 15 is 0 Å². The number of amides is 1. The first-order chi connectivity index (χ1) is 18.7. The third-order valence-electron chi connectivity index (χ3n) is 6.44. The quantitative estimate of drug-likeness (QED) is 0.400. The van der Waals surface area contributed by atoms with Gasteiger partial charge in [-0.05, 0) is 25.0 Å². The van der Waals surface area contributed by atoms with E-state index in [-0.39, 0.29) is 24.3 Å². The summed E-state index contributed by atoms with van der Waals surface area (Å²) in [6, 6.07) is 7.26. The van der Waals surface area contributed by atoms with Gasteiger partial charge in [0.15, 0.2) is 18.4 Å². The van der Waals surface area contributed by atoms with Crippen molar-refractivity contribution in [2.45, 2.75) is 37.5 Å². The summed E-state index contributed by atoms with van der Waals surface area (Å²) in [6.07, 6.45) is -1.79. The van der Waals surface area contributed by atoms with Gasteiger partial charge in [-0.25, -0.2) is 15.0 Å². The first kappa shape index (κ1) is 26.8. The van der Waals surface area contributed by atoms with E-state index in [1.807, 2.05) is 5.38 Å². The molecule has 1 amide bonds. The Kier molecular flexibility index (Phi) is 7.67. The molecule has 2 aromatic heterocycles. The van der Waals surface area contributed by atoms with Gasteiger partial charge in [-0.3, -0.25) is 4.79 Å². The molecule has 2 aliphatic heterocycles. The van der Waals surface area contributed by atoms with Crippen LogP contribution in [0.3, 0.4) is 0 Å². The number of thiazole rings is 1. The van der Waals surface area contributed by atoms with Crippen LogP contribution < -0.4 is 4.74 Å². The molecule has 1 saturated heterocycles. The second kappa shape index (κ2) is 11.2. The number of ether oxygens (including phenoxy) is 1. The van der Waals surface area contributed by atoms with Crippen molar-refractivity contribution in [3.63, 3.8) is 0 Å². The molecule has 4 heterocycles. The Morgan fingerprint density at radius 2 is 2.05 bits per heavy atom. The lowest BCUT2D eigenvalue weighted by Crippen LogP contribution is -2.40. The minimum absolute atomic E-state index is 0.152. The monoisotopic (exact) mass is 576 g/mol. The summed E-state index contributed by atoms with van der Waals surface area (Å²) in [6.45, 7) is 0.651. The van der Waals surface area contributed by atoms with Crippen LogP contribution in [-0.4, -0.2) is 51.2 Å². The number of nitrogens with zero attached hydrogens (tertiary/aromatic N) is 6. The summed E-state index contributed by atoms with van der Waals surface area (Å²) in [5, 5.41) is 16.9. The number of aromatic nitrogens is 3. The topological polar surface area (TPSA) is 114 Å². The molecule has 3 aromatic rings. The Labute approximate surface area is 229 Å². The number of benzene rings is 1. The lowest BCUT2D eigenvalue weighted by molar-refractivity contribution is -0.141. The molecule has 1 atom stereocenters. The molecule has 2 aliphatic rings. The van der Waals surface area contributed by atoms with E-state index in [2.05, 4.69) is 21.2 Å². The van der Waals surface area contributed by atoms with Crippen LogP contribution in [0.5, 0.6) is 5.88 Å². The Hall–Kier alpha value is -3.76. The van der Waals surface area contributed by atoms with Gasteiger partial charge >= 0.3 is 6.18 Å². The molecule has 1 fully saturated rings. The zero-order chi connectivity index (χ0) is 27.6. The lowest BCUT2D eigenvalue weighted by Gasteiger charge is -2.31. The van der Waals surface area contributed by atoms with Crippen LogP contribution in [0.15, 0.2) is 41.1 Å². The standard InChI is InChI=1S/C25H20ClF3N6O3S/c26-16-3-1-2-15(9-30)23(16)19-8-17(34-38-19)18-13-39-24(33-18)14-4-6-35(7-5-14)22(36)12-37-21-11-31-20(10-32-21)25(27,28)29/h1-3,10-11,13-14,19H,4-8,12H2. The van der Waals surface area contributed by atoms with Gasteiger partial charge in [0.1, 0.15) is 5.71 Å². The van der Waals surface area contributed by atoms with Gasteiger partial charge in [-0.1, -0.05) is 22.8 Å². The smallest absolute Gasteiger partial charge is 0.434 e. The van der Waals surface area contributed by atoms with Gasteiger partial charge in [0, 0.05) is 41.4 Å². The highest BCUT2D eigenvalue weighted by Crippen LogP contribution is 2.37. The highest BCUT2D eigenvalue weighted by molar-refractivity contribution is 7.10. The fourth-order valence-corrected chi connectivity index (χ4v) is 5.69. The Balaban J connectivity index is 1.12. The second-order valence-electron chi connectivity index (χ2n) is 8.90. The Bertz CT molecular complexity index is 1430. The summed E-state index contributed by atoms with van der Waals surface area (Å²) in [7, 11) is 0. The van der Waals surface area contributed by atoms with E-state index in [1.165, 1.54) is 11.3 Å².